The van der Waals surface area contributed by atoms with E-state index >= 15 is 0 Å². The highest BCUT2D eigenvalue weighted by molar-refractivity contribution is 5.99. The number of methoxy groups -OCH3 is 1. The largest absolute Gasteiger partial charge is 0.494 e. The van der Waals surface area contributed by atoms with Crippen molar-refractivity contribution in [2.45, 2.75) is 37.8 Å². The van der Waals surface area contributed by atoms with Crippen molar-refractivity contribution in [1.82, 2.24) is 9.97 Å². The van der Waals surface area contributed by atoms with Crippen LogP contribution >= 0.6 is 0 Å². The van der Waals surface area contributed by atoms with Crippen LogP contribution in [0.25, 0.3) is 10.9 Å². The van der Waals surface area contributed by atoms with Gasteiger partial charge in [0.25, 0.3) is 5.91 Å². The Labute approximate surface area is 179 Å². The highest BCUT2D eigenvalue weighted by Gasteiger charge is 2.24. The summed E-state index contributed by atoms with van der Waals surface area (Å²) < 4.78 is 20.0. The smallest absolute Gasteiger partial charge is 0.252 e. The van der Waals surface area contributed by atoms with Gasteiger partial charge in [0.1, 0.15) is 17.1 Å². The van der Waals surface area contributed by atoms with E-state index in [1.165, 1.54) is 0 Å². The molecule has 31 heavy (non-hydrogen) atoms. The molecular formula is C22H25FN6O2. The van der Waals surface area contributed by atoms with Gasteiger partial charge in [-0.1, -0.05) is 25.0 Å². The molecule has 4 rings (SSSR count). The SMILES string of the molecule is COc1cccc2cc(Nc3nc(N[C@@H]4CCCC[C@@H]4N)c(F)cc3C(N)=O)cnc12. The first kappa shape index (κ1) is 20.8. The number of nitrogens with two attached hydrogens (primary N) is 2. The molecule has 0 spiro atoms. The summed E-state index contributed by atoms with van der Waals surface area (Å²) in [5.41, 5.74) is 12.9. The van der Waals surface area contributed by atoms with E-state index in [0.717, 1.165) is 37.1 Å². The minimum absolute atomic E-state index is 0.0327. The molecular weight excluding hydrogens is 399 g/mol. The Hall–Kier alpha value is -3.46. The first-order valence-electron chi connectivity index (χ1n) is 10.2. The summed E-state index contributed by atoms with van der Waals surface area (Å²) in [7, 11) is 1.58. The van der Waals surface area contributed by atoms with E-state index in [1.807, 2.05) is 24.3 Å². The van der Waals surface area contributed by atoms with E-state index in [0.29, 0.717) is 17.0 Å². The number of hydrogen-bond donors (Lipinski definition) is 4. The van der Waals surface area contributed by atoms with Gasteiger partial charge in [0, 0.05) is 17.5 Å². The molecule has 6 N–H and O–H groups in total. The molecule has 1 aromatic carbocycles. The van der Waals surface area contributed by atoms with Gasteiger partial charge >= 0.3 is 0 Å². The Kier molecular flexibility index (Phi) is 5.85. The van der Waals surface area contributed by atoms with Crippen LogP contribution in [0.15, 0.2) is 36.5 Å². The number of hydrogen-bond acceptors (Lipinski definition) is 7. The molecule has 3 aromatic rings. The monoisotopic (exact) mass is 424 g/mol. The number of carbonyl (C=O) groups is 1. The lowest BCUT2D eigenvalue weighted by molar-refractivity contribution is 0.100. The first-order valence-corrected chi connectivity index (χ1v) is 10.2. The molecule has 1 aliphatic carbocycles. The number of carbonyl (C=O) groups excluding carboxylic acids is 1. The zero-order chi connectivity index (χ0) is 22.0. The number of halogens is 1. The number of anilines is 3. The number of ether oxygens (including phenoxy) is 1. The van der Waals surface area contributed by atoms with Crippen LogP contribution in [0.1, 0.15) is 36.0 Å². The fourth-order valence-corrected chi connectivity index (χ4v) is 3.89. The molecule has 9 heteroatoms. The highest BCUT2D eigenvalue weighted by Crippen LogP contribution is 2.29. The predicted molar refractivity (Wildman–Crippen MR) is 118 cm³/mol. The molecule has 0 aliphatic heterocycles. The number of fused-ring (bicyclic) bond motifs is 1. The quantitative estimate of drug-likeness (QED) is 0.478. The maximum absolute atomic E-state index is 14.7. The average molecular weight is 424 g/mol. The number of primary amides is 1. The van der Waals surface area contributed by atoms with Crippen molar-refractivity contribution in [3.8, 4) is 5.75 Å². The van der Waals surface area contributed by atoms with Crippen LogP contribution in [0.4, 0.5) is 21.7 Å². The lowest BCUT2D eigenvalue weighted by atomic mass is 9.91. The number of aromatic nitrogens is 2. The number of nitrogens with one attached hydrogen (secondary N) is 2. The third-order valence-corrected chi connectivity index (χ3v) is 5.54. The van der Waals surface area contributed by atoms with Crippen LogP contribution in [0, 0.1) is 5.82 Å². The molecule has 0 bridgehead atoms. The van der Waals surface area contributed by atoms with Crippen LogP contribution in [-0.2, 0) is 0 Å². The maximum atomic E-state index is 14.7. The Morgan fingerprint density at radius 2 is 2.03 bits per heavy atom. The van der Waals surface area contributed by atoms with Crippen LogP contribution in [0.3, 0.4) is 0 Å². The number of nitrogens with zero attached hydrogens (tertiary/aromatic N) is 2. The second-order valence-corrected chi connectivity index (χ2v) is 7.66. The lowest BCUT2D eigenvalue weighted by Crippen LogP contribution is -2.43. The Morgan fingerprint density at radius 3 is 2.77 bits per heavy atom. The third-order valence-electron chi connectivity index (χ3n) is 5.54. The molecule has 1 saturated carbocycles. The van der Waals surface area contributed by atoms with Crippen molar-refractivity contribution in [3.63, 3.8) is 0 Å². The molecule has 1 amide bonds. The van der Waals surface area contributed by atoms with Gasteiger partial charge in [-0.3, -0.25) is 9.78 Å². The van der Waals surface area contributed by atoms with Crippen molar-refractivity contribution in [2.24, 2.45) is 11.5 Å². The molecule has 1 fully saturated rings. The summed E-state index contributed by atoms with van der Waals surface area (Å²) in [5.74, 6) is -0.615. The zero-order valence-corrected chi connectivity index (χ0v) is 17.2. The number of rotatable bonds is 6. The summed E-state index contributed by atoms with van der Waals surface area (Å²) in [6.07, 6.45) is 5.37. The second kappa shape index (κ2) is 8.73. The predicted octanol–water partition coefficient (Wildman–Crippen LogP) is 3.30. The van der Waals surface area contributed by atoms with Crippen molar-refractivity contribution in [3.05, 3.63) is 47.9 Å². The summed E-state index contributed by atoms with van der Waals surface area (Å²) in [5, 5.41) is 6.98. The van der Waals surface area contributed by atoms with E-state index in [2.05, 4.69) is 20.6 Å². The van der Waals surface area contributed by atoms with E-state index in [4.69, 9.17) is 16.2 Å². The van der Waals surface area contributed by atoms with Gasteiger partial charge in [0.05, 0.1) is 24.6 Å². The van der Waals surface area contributed by atoms with Gasteiger partial charge in [-0.15, -0.1) is 0 Å². The summed E-state index contributed by atoms with van der Waals surface area (Å²) in [4.78, 5) is 20.7. The maximum Gasteiger partial charge on any atom is 0.252 e. The first-order chi connectivity index (χ1) is 15.0. The zero-order valence-electron chi connectivity index (χ0n) is 17.2. The Morgan fingerprint density at radius 1 is 1.23 bits per heavy atom. The minimum atomic E-state index is -0.787. The molecule has 162 valence electrons. The molecule has 1 aliphatic rings. The molecule has 2 heterocycles. The fourth-order valence-electron chi connectivity index (χ4n) is 3.89. The van der Waals surface area contributed by atoms with Crippen LogP contribution in [-0.4, -0.2) is 35.1 Å². The van der Waals surface area contributed by atoms with Gasteiger partial charge in [0.2, 0.25) is 0 Å². The van der Waals surface area contributed by atoms with Crippen molar-refractivity contribution in [1.29, 1.82) is 0 Å². The number of para-hydroxylation sites is 1. The van der Waals surface area contributed by atoms with Gasteiger partial charge in [-0.05, 0) is 31.0 Å². The average Bonchev–Trinajstić information content (AvgIpc) is 2.76. The number of amides is 1. The van der Waals surface area contributed by atoms with Crippen LogP contribution in [0.2, 0.25) is 0 Å². The van der Waals surface area contributed by atoms with E-state index in [-0.39, 0.29) is 29.3 Å². The van der Waals surface area contributed by atoms with Crippen molar-refractivity contribution < 1.29 is 13.9 Å². The molecule has 0 unspecified atom stereocenters. The highest BCUT2D eigenvalue weighted by atomic mass is 19.1. The summed E-state index contributed by atoms with van der Waals surface area (Å²) in [6, 6.07) is 8.33. The van der Waals surface area contributed by atoms with Gasteiger partial charge in [-0.2, -0.15) is 0 Å². The molecule has 8 nitrogen and oxygen atoms in total. The van der Waals surface area contributed by atoms with Crippen LogP contribution < -0.4 is 26.8 Å². The lowest BCUT2D eigenvalue weighted by Gasteiger charge is -2.30. The fraction of sp³-hybridized carbons (Fsp3) is 0.318. The topological polar surface area (TPSA) is 128 Å². The van der Waals surface area contributed by atoms with Gasteiger partial charge in [0.15, 0.2) is 11.6 Å². The summed E-state index contributed by atoms with van der Waals surface area (Å²) >= 11 is 0. The standard InChI is InChI=1S/C22H25FN6O2/c1-31-18-8-4-5-12-9-13(11-26-19(12)18)27-21-14(20(25)30)10-15(23)22(29-21)28-17-7-3-2-6-16(17)24/h4-5,8-11,16-17H,2-3,6-7,24H2,1H3,(H2,25,30)(H2,27,28,29)/t16-,17+/m0/s1. The minimum Gasteiger partial charge on any atom is -0.494 e. The Balaban J connectivity index is 1.67. The van der Waals surface area contributed by atoms with E-state index in [9.17, 15) is 9.18 Å². The second-order valence-electron chi connectivity index (χ2n) is 7.66. The van der Waals surface area contributed by atoms with Gasteiger partial charge < -0.3 is 26.8 Å². The van der Waals surface area contributed by atoms with Gasteiger partial charge in [-0.25, -0.2) is 9.37 Å². The van der Waals surface area contributed by atoms with E-state index in [1.54, 1.807) is 13.3 Å². The van der Waals surface area contributed by atoms with Crippen molar-refractivity contribution >= 4 is 34.1 Å². The van der Waals surface area contributed by atoms with Crippen molar-refractivity contribution in [2.75, 3.05) is 17.7 Å². The molecule has 0 saturated heterocycles. The van der Waals surface area contributed by atoms with Crippen LogP contribution in [0.5, 0.6) is 5.75 Å². The molecule has 2 aromatic heterocycles. The number of benzene rings is 1. The Bertz CT molecular complexity index is 1120. The molecule has 0 radical (unpaired) electrons. The normalized spacial score (nSPS) is 18.5. The molecule has 2 atom stereocenters. The van der Waals surface area contributed by atoms with E-state index < -0.39 is 11.7 Å². The third kappa shape index (κ3) is 4.36. The number of pyridine rings is 2. The summed E-state index contributed by atoms with van der Waals surface area (Å²) in [6.45, 7) is 0.